The molecule has 1 heterocycles. The highest BCUT2D eigenvalue weighted by atomic mass is 35.5. The lowest BCUT2D eigenvalue weighted by atomic mass is 10.1. The Balaban J connectivity index is 2.39. The maximum absolute atomic E-state index is 10.8. The molecule has 1 aliphatic rings. The van der Waals surface area contributed by atoms with Gasteiger partial charge in [0.15, 0.2) is 6.29 Å². The van der Waals surface area contributed by atoms with E-state index in [1.807, 2.05) is 0 Å². The first-order valence-corrected chi connectivity index (χ1v) is 5.54. The number of carbonyl (C=O) groups is 2. The van der Waals surface area contributed by atoms with Gasteiger partial charge >= 0.3 is 5.97 Å². The first kappa shape index (κ1) is 10.5. The number of rotatable bonds is 2. The molecule has 15 heavy (non-hydrogen) atoms. The number of fused-ring (bicyclic) bond motifs is 1. The van der Waals surface area contributed by atoms with E-state index < -0.39 is 11.2 Å². The smallest absolute Gasteiger partial charge is 0.317 e. The first-order valence-electron chi connectivity index (χ1n) is 4.29. The number of thioether (sulfide) groups is 1. The monoisotopic (exact) mass is 242 g/mol. The van der Waals surface area contributed by atoms with Crippen molar-refractivity contribution in [2.75, 3.05) is 0 Å². The van der Waals surface area contributed by atoms with E-state index >= 15 is 0 Å². The van der Waals surface area contributed by atoms with Crippen LogP contribution in [0.5, 0.6) is 0 Å². The zero-order valence-electron chi connectivity index (χ0n) is 7.57. The number of carboxylic acids is 1. The Morgan fingerprint density at radius 3 is 2.93 bits per heavy atom. The number of aliphatic carboxylic acids is 1. The third-order valence-electron chi connectivity index (χ3n) is 2.26. The molecule has 1 aliphatic heterocycles. The third kappa shape index (κ3) is 1.87. The van der Waals surface area contributed by atoms with Gasteiger partial charge in [-0.3, -0.25) is 9.59 Å². The Bertz CT molecular complexity index is 445. The summed E-state index contributed by atoms with van der Waals surface area (Å²) in [6.07, 6.45) is 1.13. The van der Waals surface area contributed by atoms with Crippen LogP contribution in [0.2, 0.25) is 5.02 Å². The summed E-state index contributed by atoms with van der Waals surface area (Å²) in [5.41, 5.74) is 1.31. The van der Waals surface area contributed by atoms with Crippen molar-refractivity contribution in [3.63, 3.8) is 0 Å². The largest absolute Gasteiger partial charge is 0.480 e. The van der Waals surface area contributed by atoms with Crippen molar-refractivity contribution in [3.05, 3.63) is 28.3 Å². The summed E-state index contributed by atoms with van der Waals surface area (Å²) in [5.74, 6) is -0.833. The van der Waals surface area contributed by atoms with E-state index in [1.165, 1.54) is 11.8 Å². The van der Waals surface area contributed by atoms with Crippen molar-refractivity contribution in [1.82, 2.24) is 0 Å². The number of benzene rings is 1. The van der Waals surface area contributed by atoms with E-state index in [-0.39, 0.29) is 0 Å². The molecule has 1 N–H and O–H groups in total. The van der Waals surface area contributed by atoms with E-state index in [9.17, 15) is 9.59 Å². The zero-order valence-corrected chi connectivity index (χ0v) is 9.14. The zero-order chi connectivity index (χ0) is 11.0. The van der Waals surface area contributed by atoms with Crippen LogP contribution in [-0.2, 0) is 11.2 Å². The van der Waals surface area contributed by atoms with Gasteiger partial charge in [-0.25, -0.2) is 0 Å². The molecule has 0 radical (unpaired) electrons. The van der Waals surface area contributed by atoms with Crippen molar-refractivity contribution in [1.29, 1.82) is 0 Å². The minimum Gasteiger partial charge on any atom is -0.480 e. The van der Waals surface area contributed by atoms with E-state index in [2.05, 4.69) is 0 Å². The average molecular weight is 243 g/mol. The van der Waals surface area contributed by atoms with Gasteiger partial charge < -0.3 is 5.11 Å². The van der Waals surface area contributed by atoms with Gasteiger partial charge in [-0.15, -0.1) is 11.8 Å². The quantitative estimate of drug-likeness (QED) is 0.809. The van der Waals surface area contributed by atoms with Crippen molar-refractivity contribution < 1.29 is 14.7 Å². The van der Waals surface area contributed by atoms with Crippen LogP contribution in [0.4, 0.5) is 0 Å². The summed E-state index contributed by atoms with van der Waals surface area (Å²) in [6, 6.07) is 3.33. The Labute approximate surface area is 95.4 Å². The SMILES string of the molecule is O=Cc1cc2c(cc1Cl)SC(C(=O)O)C2. The fraction of sp³-hybridized carbons (Fsp3) is 0.200. The molecule has 1 aromatic rings. The topological polar surface area (TPSA) is 54.4 Å². The molecule has 0 aliphatic carbocycles. The van der Waals surface area contributed by atoms with E-state index in [1.54, 1.807) is 12.1 Å². The Morgan fingerprint density at radius 1 is 1.60 bits per heavy atom. The molecule has 0 amide bonds. The molecule has 1 aromatic carbocycles. The van der Waals surface area contributed by atoms with E-state index in [4.69, 9.17) is 16.7 Å². The molecule has 5 heteroatoms. The van der Waals surface area contributed by atoms with Crippen LogP contribution in [0.1, 0.15) is 15.9 Å². The fourth-order valence-corrected chi connectivity index (χ4v) is 2.93. The van der Waals surface area contributed by atoms with Gasteiger partial charge in [-0.05, 0) is 24.1 Å². The number of carboxylic acid groups (broad SMARTS) is 1. The van der Waals surface area contributed by atoms with Crippen LogP contribution in [0.3, 0.4) is 0 Å². The second-order valence-corrected chi connectivity index (χ2v) is 4.90. The molecule has 0 saturated heterocycles. The van der Waals surface area contributed by atoms with Crippen LogP contribution in [0.25, 0.3) is 0 Å². The fourth-order valence-electron chi connectivity index (χ4n) is 1.51. The molecule has 0 saturated carbocycles. The molecule has 2 rings (SSSR count). The van der Waals surface area contributed by atoms with E-state index in [0.717, 1.165) is 10.5 Å². The van der Waals surface area contributed by atoms with Crippen LogP contribution in [0, 0.1) is 0 Å². The molecule has 78 valence electrons. The maximum atomic E-state index is 10.8. The van der Waals surface area contributed by atoms with E-state index in [0.29, 0.717) is 23.3 Å². The molecular weight excluding hydrogens is 236 g/mol. The van der Waals surface area contributed by atoms with Gasteiger partial charge in [0.1, 0.15) is 5.25 Å². The number of aldehydes is 1. The minimum absolute atomic E-state index is 0.377. The van der Waals surface area contributed by atoms with Gasteiger partial charge in [0.05, 0.1) is 5.02 Å². The van der Waals surface area contributed by atoms with Crippen LogP contribution >= 0.6 is 23.4 Å². The molecule has 0 bridgehead atoms. The first-order chi connectivity index (χ1) is 7.11. The van der Waals surface area contributed by atoms with Crippen molar-refractivity contribution in [2.24, 2.45) is 0 Å². The molecule has 1 atom stereocenters. The molecule has 3 nitrogen and oxygen atoms in total. The second kappa shape index (κ2) is 3.87. The summed E-state index contributed by atoms with van der Waals surface area (Å²) >= 11 is 7.12. The lowest BCUT2D eigenvalue weighted by molar-refractivity contribution is -0.136. The van der Waals surface area contributed by atoms with Gasteiger partial charge in [-0.1, -0.05) is 11.6 Å². The number of halogens is 1. The Morgan fingerprint density at radius 2 is 2.33 bits per heavy atom. The van der Waals surface area contributed by atoms with Gasteiger partial charge in [-0.2, -0.15) is 0 Å². The predicted octanol–water partition coefficient (Wildman–Crippen LogP) is 2.25. The highest BCUT2D eigenvalue weighted by molar-refractivity contribution is 8.01. The normalized spacial score (nSPS) is 18.6. The predicted molar refractivity (Wildman–Crippen MR) is 57.8 cm³/mol. The number of carbonyl (C=O) groups excluding carboxylic acids is 1. The lowest BCUT2D eigenvalue weighted by Crippen LogP contribution is -2.14. The second-order valence-electron chi connectivity index (χ2n) is 3.25. The maximum Gasteiger partial charge on any atom is 0.317 e. The van der Waals surface area contributed by atoms with Crippen LogP contribution < -0.4 is 0 Å². The van der Waals surface area contributed by atoms with Gasteiger partial charge in [0.25, 0.3) is 0 Å². The Kier molecular flexibility index (Phi) is 2.71. The van der Waals surface area contributed by atoms with Gasteiger partial charge in [0.2, 0.25) is 0 Å². The molecule has 0 aromatic heterocycles. The number of hydrogen-bond acceptors (Lipinski definition) is 3. The lowest BCUT2D eigenvalue weighted by Gasteiger charge is -2.00. The molecule has 1 unspecified atom stereocenters. The van der Waals surface area contributed by atoms with Crippen molar-refractivity contribution >= 4 is 35.6 Å². The summed E-state index contributed by atoms with van der Waals surface area (Å²) < 4.78 is 0. The van der Waals surface area contributed by atoms with Crippen LogP contribution in [-0.4, -0.2) is 22.6 Å². The average Bonchev–Trinajstić information content (AvgIpc) is 2.59. The van der Waals surface area contributed by atoms with Crippen molar-refractivity contribution in [2.45, 2.75) is 16.6 Å². The third-order valence-corrected chi connectivity index (χ3v) is 3.87. The minimum atomic E-state index is -0.833. The Hall–Kier alpha value is -1.00. The highest BCUT2D eigenvalue weighted by Gasteiger charge is 2.28. The van der Waals surface area contributed by atoms with Gasteiger partial charge in [0, 0.05) is 10.5 Å². The van der Waals surface area contributed by atoms with Crippen molar-refractivity contribution in [3.8, 4) is 0 Å². The molecule has 0 fully saturated rings. The summed E-state index contributed by atoms with van der Waals surface area (Å²) in [7, 11) is 0. The molecule has 0 spiro atoms. The van der Waals surface area contributed by atoms with Crippen LogP contribution in [0.15, 0.2) is 17.0 Å². The standard InChI is InChI=1S/C10H7ClO3S/c11-7-3-8-5(1-6(7)4-12)2-9(15-8)10(13)14/h1,3-4,9H,2H2,(H,13,14). The number of hydrogen-bond donors (Lipinski definition) is 1. The highest BCUT2D eigenvalue weighted by Crippen LogP contribution is 2.39. The molecular formula is C10H7ClO3S. The summed E-state index contributed by atoms with van der Waals surface area (Å²) in [5, 5.41) is 8.77. The summed E-state index contributed by atoms with van der Waals surface area (Å²) in [6.45, 7) is 0. The summed E-state index contributed by atoms with van der Waals surface area (Å²) in [4.78, 5) is 22.3.